The number of pyridine rings is 1. The maximum absolute atomic E-state index is 10.8. The lowest BCUT2D eigenvalue weighted by molar-refractivity contribution is 0.601. The fraction of sp³-hybridized carbons (Fsp3) is 0.375. The molecule has 3 nitrogen and oxygen atoms in total. The highest BCUT2D eigenvalue weighted by Crippen LogP contribution is 2.08. The van der Waals surface area contributed by atoms with Crippen LogP contribution in [0.4, 0.5) is 0 Å². The zero-order chi connectivity index (χ0) is 9.90. The minimum atomic E-state index is -2.92. The van der Waals surface area contributed by atoms with Gasteiger partial charge in [-0.2, -0.15) is 0 Å². The maximum atomic E-state index is 10.8. The predicted molar refractivity (Wildman–Crippen MR) is 52.7 cm³/mol. The molecule has 0 aliphatic rings. The molecule has 0 aliphatic heterocycles. The summed E-state index contributed by atoms with van der Waals surface area (Å²) in [5.74, 6) is 0.111. The summed E-state index contributed by atoms with van der Waals surface area (Å²) in [6, 6.07) is 3.33. The quantitative estimate of drug-likeness (QED) is 0.771. The summed E-state index contributed by atoms with van der Waals surface area (Å²) in [5.41, 5.74) is 0.706. The van der Waals surface area contributed by atoms with Gasteiger partial charge in [0.25, 0.3) is 0 Å². The van der Waals surface area contributed by atoms with Crippen LogP contribution in [0.2, 0.25) is 5.02 Å². The molecule has 0 unspecified atom stereocenters. The Balaban J connectivity index is 2.65. The molecule has 0 aliphatic carbocycles. The molecule has 0 saturated heterocycles. The molecule has 0 fully saturated rings. The van der Waals surface area contributed by atoms with Crippen molar-refractivity contribution in [2.24, 2.45) is 0 Å². The van der Waals surface area contributed by atoms with Gasteiger partial charge < -0.3 is 0 Å². The number of hydrogen-bond donors (Lipinski definition) is 0. The van der Waals surface area contributed by atoms with E-state index in [2.05, 4.69) is 4.98 Å². The van der Waals surface area contributed by atoms with E-state index in [1.54, 1.807) is 18.3 Å². The second-order valence-corrected chi connectivity index (χ2v) is 5.54. The SMILES string of the molecule is CS(=O)(=O)CCc1cc(Cl)ccn1. The maximum Gasteiger partial charge on any atom is 0.147 e. The zero-order valence-electron chi connectivity index (χ0n) is 7.20. The van der Waals surface area contributed by atoms with Crippen LogP contribution in [-0.2, 0) is 16.3 Å². The Morgan fingerprint density at radius 3 is 2.77 bits per heavy atom. The fourth-order valence-corrected chi connectivity index (χ4v) is 1.64. The molecule has 1 aromatic heterocycles. The topological polar surface area (TPSA) is 47.0 Å². The van der Waals surface area contributed by atoms with Gasteiger partial charge in [-0.25, -0.2) is 8.42 Å². The van der Waals surface area contributed by atoms with E-state index in [0.717, 1.165) is 0 Å². The third-order valence-electron chi connectivity index (χ3n) is 1.51. The summed E-state index contributed by atoms with van der Waals surface area (Å²) in [7, 11) is -2.92. The molecule has 0 spiro atoms. The van der Waals surface area contributed by atoms with Crippen molar-refractivity contribution in [2.45, 2.75) is 6.42 Å². The Bertz CT molecular complexity index is 389. The van der Waals surface area contributed by atoms with Crippen LogP contribution in [0, 0.1) is 0 Å². The van der Waals surface area contributed by atoms with Crippen molar-refractivity contribution >= 4 is 21.4 Å². The van der Waals surface area contributed by atoms with Crippen LogP contribution in [0.5, 0.6) is 0 Å². The molecule has 5 heteroatoms. The van der Waals surface area contributed by atoms with Gasteiger partial charge in [0.2, 0.25) is 0 Å². The molecule has 0 atom stereocenters. The van der Waals surface area contributed by atoms with E-state index in [0.29, 0.717) is 17.1 Å². The van der Waals surface area contributed by atoms with Crippen LogP contribution in [0.1, 0.15) is 5.69 Å². The van der Waals surface area contributed by atoms with Gasteiger partial charge in [0.05, 0.1) is 5.75 Å². The van der Waals surface area contributed by atoms with E-state index in [-0.39, 0.29) is 5.75 Å². The van der Waals surface area contributed by atoms with E-state index in [9.17, 15) is 8.42 Å². The van der Waals surface area contributed by atoms with Gasteiger partial charge in [0.1, 0.15) is 9.84 Å². The Kier molecular flexibility index (Phi) is 3.27. The number of rotatable bonds is 3. The average Bonchev–Trinajstić information content (AvgIpc) is 2.00. The number of nitrogens with zero attached hydrogens (tertiary/aromatic N) is 1. The summed E-state index contributed by atoms with van der Waals surface area (Å²) in [6.07, 6.45) is 3.19. The van der Waals surface area contributed by atoms with Gasteiger partial charge in [-0.3, -0.25) is 4.98 Å². The van der Waals surface area contributed by atoms with Crippen LogP contribution in [-0.4, -0.2) is 25.4 Å². The lowest BCUT2D eigenvalue weighted by Gasteiger charge is -1.98. The summed E-state index contributed by atoms with van der Waals surface area (Å²) < 4.78 is 21.7. The van der Waals surface area contributed by atoms with Crippen molar-refractivity contribution in [3.63, 3.8) is 0 Å². The minimum absolute atomic E-state index is 0.111. The van der Waals surface area contributed by atoms with Crippen molar-refractivity contribution in [3.05, 3.63) is 29.0 Å². The Morgan fingerprint density at radius 1 is 1.54 bits per heavy atom. The van der Waals surface area contributed by atoms with Gasteiger partial charge in [-0.15, -0.1) is 0 Å². The molecule has 0 N–H and O–H groups in total. The lowest BCUT2D eigenvalue weighted by atomic mass is 10.3. The predicted octanol–water partition coefficient (Wildman–Crippen LogP) is 1.32. The standard InChI is InChI=1S/C8H10ClNO2S/c1-13(11,12)5-3-8-6-7(9)2-4-10-8/h2,4,6H,3,5H2,1H3. The van der Waals surface area contributed by atoms with Gasteiger partial charge in [0.15, 0.2) is 0 Å². The largest absolute Gasteiger partial charge is 0.261 e. The van der Waals surface area contributed by atoms with Crippen molar-refractivity contribution < 1.29 is 8.42 Å². The normalized spacial score (nSPS) is 11.5. The van der Waals surface area contributed by atoms with Crippen LogP contribution >= 0.6 is 11.6 Å². The monoisotopic (exact) mass is 219 g/mol. The highest BCUT2D eigenvalue weighted by atomic mass is 35.5. The first-order valence-electron chi connectivity index (χ1n) is 3.75. The van der Waals surface area contributed by atoms with Crippen LogP contribution < -0.4 is 0 Å². The number of aryl methyl sites for hydroxylation is 1. The number of aromatic nitrogens is 1. The summed E-state index contributed by atoms with van der Waals surface area (Å²) in [5, 5.41) is 0.582. The number of sulfone groups is 1. The van der Waals surface area contributed by atoms with E-state index in [1.165, 1.54) is 6.26 Å². The van der Waals surface area contributed by atoms with Crippen molar-refractivity contribution in [3.8, 4) is 0 Å². The molecule has 1 heterocycles. The van der Waals surface area contributed by atoms with Gasteiger partial charge >= 0.3 is 0 Å². The highest BCUT2D eigenvalue weighted by Gasteiger charge is 2.03. The first-order chi connectivity index (χ1) is 5.97. The van der Waals surface area contributed by atoms with Gasteiger partial charge in [0, 0.05) is 29.6 Å². The number of halogens is 1. The first kappa shape index (κ1) is 10.5. The second-order valence-electron chi connectivity index (χ2n) is 2.85. The molecular formula is C8H10ClNO2S. The van der Waals surface area contributed by atoms with Crippen molar-refractivity contribution in [1.29, 1.82) is 0 Å². The summed E-state index contributed by atoms with van der Waals surface area (Å²) in [6.45, 7) is 0. The van der Waals surface area contributed by atoms with E-state index in [4.69, 9.17) is 11.6 Å². The van der Waals surface area contributed by atoms with Crippen molar-refractivity contribution in [1.82, 2.24) is 4.98 Å². The lowest BCUT2D eigenvalue weighted by Crippen LogP contribution is -2.06. The molecule has 72 valence electrons. The molecule has 0 bridgehead atoms. The van der Waals surface area contributed by atoms with Crippen LogP contribution in [0.25, 0.3) is 0 Å². The average molecular weight is 220 g/mol. The van der Waals surface area contributed by atoms with Crippen molar-refractivity contribution in [2.75, 3.05) is 12.0 Å². The van der Waals surface area contributed by atoms with E-state index in [1.807, 2.05) is 0 Å². The molecule has 1 aromatic rings. The van der Waals surface area contributed by atoms with Crippen LogP contribution in [0.15, 0.2) is 18.3 Å². The zero-order valence-corrected chi connectivity index (χ0v) is 8.77. The van der Waals surface area contributed by atoms with E-state index >= 15 is 0 Å². The molecular weight excluding hydrogens is 210 g/mol. The number of hydrogen-bond acceptors (Lipinski definition) is 3. The Labute approximate surface area is 82.7 Å². The second kappa shape index (κ2) is 4.07. The molecule has 13 heavy (non-hydrogen) atoms. The molecule has 0 radical (unpaired) electrons. The Morgan fingerprint density at radius 2 is 2.23 bits per heavy atom. The molecule has 1 rings (SSSR count). The summed E-state index contributed by atoms with van der Waals surface area (Å²) >= 11 is 5.71. The first-order valence-corrected chi connectivity index (χ1v) is 6.19. The highest BCUT2D eigenvalue weighted by molar-refractivity contribution is 7.90. The fourth-order valence-electron chi connectivity index (χ4n) is 0.875. The molecule has 0 saturated carbocycles. The van der Waals surface area contributed by atoms with Gasteiger partial charge in [-0.1, -0.05) is 11.6 Å². The third-order valence-corrected chi connectivity index (χ3v) is 2.69. The van der Waals surface area contributed by atoms with E-state index < -0.39 is 9.84 Å². The van der Waals surface area contributed by atoms with Crippen LogP contribution in [0.3, 0.4) is 0 Å². The summed E-state index contributed by atoms with van der Waals surface area (Å²) in [4.78, 5) is 3.99. The smallest absolute Gasteiger partial charge is 0.147 e. The molecule has 0 amide bonds. The van der Waals surface area contributed by atoms with Gasteiger partial charge in [-0.05, 0) is 12.1 Å². The third kappa shape index (κ3) is 4.24. The molecule has 0 aromatic carbocycles. The Hall–Kier alpha value is -0.610. The minimum Gasteiger partial charge on any atom is -0.261 e.